The van der Waals surface area contributed by atoms with E-state index in [9.17, 15) is 0 Å². The molecule has 5 nitrogen and oxygen atoms in total. The van der Waals surface area contributed by atoms with Crippen molar-refractivity contribution in [2.24, 2.45) is 4.99 Å². The van der Waals surface area contributed by atoms with Crippen LogP contribution >= 0.6 is 0 Å². The summed E-state index contributed by atoms with van der Waals surface area (Å²) in [7, 11) is 0. The molecule has 124 heavy (non-hydrogen) atoms. The van der Waals surface area contributed by atoms with Gasteiger partial charge >= 0.3 is 6.03 Å². The first-order valence-corrected chi connectivity index (χ1v) is 51.6. The molecule has 2 saturated carbocycles. The fraction of sp³-hybridized carbons (Fsp3) is 0.437. The molecule has 606 valence electrons. The third-order valence-electron chi connectivity index (χ3n) is 39.5. The summed E-state index contributed by atoms with van der Waals surface area (Å²) in [6, 6.07) is 5.38. The van der Waals surface area contributed by atoms with Crippen molar-refractivity contribution in [2.75, 3.05) is 0 Å². The van der Waals surface area contributed by atoms with Crippen LogP contribution < -0.4 is 5.32 Å². The number of nitrogens with one attached hydrogen (secondary N) is 1. The van der Waals surface area contributed by atoms with Gasteiger partial charge in [-0.1, -0.05) is 233 Å². The lowest BCUT2D eigenvalue weighted by molar-refractivity contribution is -0.137. The number of urea groups is 1. The maximum atomic E-state index is 19.6. The van der Waals surface area contributed by atoms with Crippen molar-refractivity contribution >= 4 is 309 Å². The molecule has 1 aliphatic heterocycles. The van der Waals surface area contributed by atoms with E-state index in [2.05, 4.69) is 45.1 Å². The average molecular weight is 1610 g/mol. The number of unbranched alkanes of at least 4 members (excludes halogenated alkanes) is 27. The molecule has 0 aromatic heterocycles. The van der Waals surface area contributed by atoms with Gasteiger partial charge in [0.15, 0.2) is 5.54 Å². The van der Waals surface area contributed by atoms with Gasteiger partial charge in [-0.2, -0.15) is 0 Å². The minimum Gasteiger partial charge on any atom is -0.335 e. The van der Waals surface area contributed by atoms with E-state index in [4.69, 9.17) is 4.99 Å². The Morgan fingerprint density at radius 2 is 0.532 bits per heavy atom. The number of aryl methyl sites for hydroxylation is 2. The topological polar surface area (TPSA) is 61.8 Å². The number of hydrogen-bond donors (Lipinski definition) is 1. The van der Waals surface area contributed by atoms with Crippen molar-refractivity contribution in [3.8, 4) is 0 Å². The van der Waals surface area contributed by atoms with Gasteiger partial charge in [-0.15, -0.1) is 0 Å². The Labute approximate surface area is 717 Å². The monoisotopic (exact) mass is 1610 g/mol. The highest BCUT2D eigenvalue weighted by Gasteiger charge is 2.82. The number of imide groups is 1. The van der Waals surface area contributed by atoms with Gasteiger partial charge in [0, 0.05) is 12.1 Å². The minimum absolute atomic E-state index is 0.0201. The largest absolute Gasteiger partial charge is 0.335 e. The number of carbonyl (C=O) groups is 2. The lowest BCUT2D eigenvalue weighted by Gasteiger charge is -2.56. The predicted molar refractivity (Wildman–Crippen MR) is 531 cm³/mol. The molecule has 2 spiro atoms. The molecule has 1 atom stereocenters. The van der Waals surface area contributed by atoms with Gasteiger partial charge in [-0.05, 0) is 419 Å². The standard InChI is InChI=1S/C119H103N3O2/c1-5-8-11-14-17-20-23-26-29-34-41-50-48-52(49-51(42-35-30-27-24-21-18-15-12-9-6-2)55(50)47-40-31-28-25-22-19-16-13-10-7-3)114-118-110-102-94-84-74-66-58-56-57-60-64-62(58)70-78-72(64)82-76-68(60)69-61(57)65-63-59(56)67(66)75-81-71(63)79-73(65)83-77(69)87-86(76)98-92(82)100-90(78)96(88(94)80(70)74)104(110)106(100)112-108(98)109-99(87)93(83)101-91(79)97-89(81)95(85(75)84)103(102)111(118)105(97)107(101)113(109)119(112,118)117(4,121-114)115(123)122(54-45-38-33-39-46-54)116(124)120-53-43-36-32-37-44-53/h48-49,53-54H,5-47H2,1-4H3,(H,120,124)/t117-,118?,119?/m1/s1. The summed E-state index contributed by atoms with van der Waals surface area (Å²) < 4.78 is 0. The second-order valence-electron chi connectivity index (χ2n) is 44.6. The van der Waals surface area contributed by atoms with E-state index in [1.165, 1.54) is 276 Å². The average Bonchev–Trinajstić information content (AvgIpc) is 1.37. The van der Waals surface area contributed by atoms with Crippen molar-refractivity contribution < 1.29 is 9.59 Å². The van der Waals surface area contributed by atoms with Crippen molar-refractivity contribution in [1.29, 1.82) is 0 Å². The second-order valence-corrected chi connectivity index (χ2v) is 44.6. The highest BCUT2D eigenvalue weighted by Crippen LogP contribution is 2.87. The van der Waals surface area contributed by atoms with Crippen LogP contribution in [-0.2, 0) is 34.9 Å². The highest BCUT2D eigenvalue weighted by molar-refractivity contribution is 6.82. The van der Waals surface area contributed by atoms with E-state index >= 15 is 9.59 Å². The third kappa shape index (κ3) is 6.11. The molecule has 7 aliphatic rings. The SMILES string of the molecule is CCCCCCCCCCCCc1cc(C2=N[C@](C)(C(=O)N(C(=O)NC3CCCCC3)C3CCCCC3)C34c5c6c7c8c9c%10c(c%11c%12c3c3c5c5c%13c6c6c7c7c9c9c%14c%10c%10c%11c%11c%12c%12c3c3c5c5c%13c%13c6c6c7c9c7c9c%14c%10c%10c%11c%11c%12c3c3c5c5c%13c6c7c6c9c%10c%11c3c56)C284)cc(CCCCCCCCCCCC)c1CCCCCCCCCCCC. The van der Waals surface area contributed by atoms with Gasteiger partial charge in [0.2, 0.25) is 0 Å². The van der Waals surface area contributed by atoms with E-state index in [1.807, 2.05) is 4.90 Å². The first-order valence-electron chi connectivity index (χ1n) is 51.6. The van der Waals surface area contributed by atoms with Crippen LogP contribution in [0.5, 0.6) is 0 Å². The summed E-state index contributed by atoms with van der Waals surface area (Å²) in [5.41, 5.74) is 9.72. The number of benzene rings is 19. The number of aliphatic imine (C=N–C) groups is 1. The first kappa shape index (κ1) is 66.7. The maximum absolute atomic E-state index is 19.6. The molecule has 29 aromatic rings. The Morgan fingerprint density at radius 1 is 0.298 bits per heavy atom. The molecular formula is C119H103N3O2. The molecule has 3 amide bonds. The molecule has 2 fully saturated rings. The van der Waals surface area contributed by atoms with Gasteiger partial charge in [0.1, 0.15) is 0 Å². The summed E-state index contributed by atoms with van der Waals surface area (Å²) in [6.45, 7) is 9.54. The van der Waals surface area contributed by atoms with E-state index in [0.29, 0.717) is 0 Å². The predicted octanol–water partition coefficient (Wildman–Crippen LogP) is 34.1. The number of carbonyl (C=O) groups excluding carboxylic acids is 2. The Bertz CT molecular complexity index is 8820. The third-order valence-corrected chi connectivity index (χ3v) is 39.5. The number of amides is 3. The van der Waals surface area contributed by atoms with Gasteiger partial charge in [-0.3, -0.25) is 14.7 Å². The normalized spacial score (nSPS) is 20.8. The lowest BCUT2D eigenvalue weighted by Crippen LogP contribution is -2.68. The Balaban J connectivity index is 0.701. The molecule has 5 heteroatoms. The highest BCUT2D eigenvalue weighted by atomic mass is 16.2. The summed E-state index contributed by atoms with van der Waals surface area (Å²) >= 11 is 0. The number of hydrogen-bond acceptors (Lipinski definition) is 3. The van der Waals surface area contributed by atoms with Crippen molar-refractivity contribution in [3.63, 3.8) is 0 Å². The summed E-state index contributed by atoms with van der Waals surface area (Å²) in [5, 5.41) is 88.7. The molecule has 0 radical (unpaired) electrons. The fourth-order valence-corrected chi connectivity index (χ4v) is 36.0. The zero-order chi connectivity index (χ0) is 80.0. The van der Waals surface area contributed by atoms with E-state index in [0.717, 1.165) is 77.0 Å². The molecule has 29 aromatic carbocycles. The molecule has 6 aliphatic carbocycles. The van der Waals surface area contributed by atoms with Crippen molar-refractivity contribution in [2.45, 2.75) is 332 Å². The molecule has 36 rings (SSSR count). The van der Waals surface area contributed by atoms with Crippen molar-refractivity contribution in [3.05, 3.63) is 56.6 Å². The molecule has 0 unspecified atom stereocenters. The van der Waals surface area contributed by atoms with E-state index < -0.39 is 16.4 Å². The van der Waals surface area contributed by atoms with E-state index in [1.54, 1.807) is 264 Å². The van der Waals surface area contributed by atoms with Crippen LogP contribution in [0.2, 0.25) is 0 Å². The van der Waals surface area contributed by atoms with Crippen LogP contribution in [-0.4, -0.2) is 40.2 Å². The summed E-state index contributed by atoms with van der Waals surface area (Å²) in [4.78, 5) is 46.0. The molecule has 0 saturated heterocycles. The van der Waals surface area contributed by atoms with Crippen molar-refractivity contribution in [1.82, 2.24) is 10.2 Å². The quantitative estimate of drug-likeness (QED) is 0.0312. The molecule has 0 bridgehead atoms. The zero-order valence-corrected chi connectivity index (χ0v) is 72.9. The van der Waals surface area contributed by atoms with Crippen LogP contribution in [0.1, 0.15) is 329 Å². The summed E-state index contributed by atoms with van der Waals surface area (Å²) in [5.74, 6) is -0.0201. The number of rotatable bonds is 37. The molecule has 1 N–H and O–H groups in total. The Kier molecular flexibility index (Phi) is 11.4. The van der Waals surface area contributed by atoms with Crippen LogP contribution in [0.15, 0.2) is 17.1 Å². The van der Waals surface area contributed by atoms with Crippen LogP contribution in [0.25, 0.3) is 291 Å². The Hall–Kier alpha value is -9.71. The lowest BCUT2D eigenvalue weighted by atomic mass is 9.43. The maximum Gasteiger partial charge on any atom is 0.324 e. The zero-order valence-electron chi connectivity index (χ0n) is 72.9. The van der Waals surface area contributed by atoms with Crippen LogP contribution in [0, 0.1) is 0 Å². The fourth-order valence-electron chi connectivity index (χ4n) is 36.0. The smallest absolute Gasteiger partial charge is 0.324 e. The second kappa shape index (κ2) is 21.2. The van der Waals surface area contributed by atoms with Gasteiger partial charge in [0.25, 0.3) is 5.91 Å². The van der Waals surface area contributed by atoms with Gasteiger partial charge < -0.3 is 5.32 Å². The van der Waals surface area contributed by atoms with Gasteiger partial charge in [-0.25, -0.2) is 4.79 Å². The van der Waals surface area contributed by atoms with Crippen LogP contribution in [0.3, 0.4) is 0 Å². The first-order chi connectivity index (χ1) is 61.4. The Morgan fingerprint density at radius 3 is 0.806 bits per heavy atom. The molecular weight excluding hydrogens is 1500 g/mol. The minimum atomic E-state index is -1.52. The van der Waals surface area contributed by atoms with Gasteiger partial charge in [0.05, 0.1) is 16.5 Å². The van der Waals surface area contributed by atoms with Crippen LogP contribution in [0.4, 0.5) is 4.79 Å². The summed E-state index contributed by atoms with van der Waals surface area (Å²) in [6.07, 6.45) is 53.4. The molecule has 1 heterocycles. The van der Waals surface area contributed by atoms with E-state index in [-0.39, 0.29) is 24.0 Å². The number of nitrogens with zero attached hydrogens (tertiary/aromatic N) is 2.